The molecule has 10 heteroatoms. The molecule has 0 saturated carbocycles. The Hall–Kier alpha value is -2.84. The highest BCUT2D eigenvalue weighted by Gasteiger charge is 2.22. The molecule has 3 aromatic rings. The van der Waals surface area contributed by atoms with Crippen molar-refractivity contribution < 1.29 is 9.59 Å². The van der Waals surface area contributed by atoms with Gasteiger partial charge in [-0.05, 0) is 25.5 Å². The van der Waals surface area contributed by atoms with Crippen LogP contribution in [0.15, 0.2) is 24.5 Å². The zero-order chi connectivity index (χ0) is 19.6. The molecule has 0 aliphatic rings. The summed E-state index contributed by atoms with van der Waals surface area (Å²) in [5.74, 6) is -0.884. The molecule has 0 atom stereocenters. The monoisotopic (exact) mass is 406 g/mol. The largest absolute Gasteiger partial charge is 0.340 e. The number of amides is 2. The lowest BCUT2D eigenvalue weighted by atomic mass is 10.2. The number of aryl methyl sites for hydroxylation is 2. The van der Waals surface area contributed by atoms with Crippen molar-refractivity contribution in [2.45, 2.75) is 20.3 Å². The molecule has 0 bridgehead atoms. The fourth-order valence-electron chi connectivity index (χ4n) is 2.50. The average Bonchev–Trinajstić information content (AvgIpc) is 3.24. The summed E-state index contributed by atoms with van der Waals surface area (Å²) in [5.41, 5.74) is 1.85. The van der Waals surface area contributed by atoms with Gasteiger partial charge in [0.15, 0.2) is 5.69 Å². The first-order chi connectivity index (χ1) is 12.9. The molecular weight excluding hydrogens is 391 g/mol. The fraction of sp³-hybridized carbons (Fsp3) is 0.176. The molecular formula is C17H16Cl2N6O2. The minimum absolute atomic E-state index is 0.0113. The molecule has 2 heterocycles. The molecule has 140 valence electrons. The van der Waals surface area contributed by atoms with E-state index in [1.807, 2.05) is 13.8 Å². The number of H-pyrrole nitrogens is 2. The smallest absolute Gasteiger partial charge is 0.276 e. The number of rotatable bonds is 5. The van der Waals surface area contributed by atoms with Crippen molar-refractivity contribution >= 4 is 46.7 Å². The maximum atomic E-state index is 12.5. The van der Waals surface area contributed by atoms with E-state index in [0.29, 0.717) is 5.95 Å². The SMILES string of the molecule is CCc1nc(NC(=O)c2[nH]cnc2C(=O)Nc2c(Cl)cccc2Cl)[nH]c1C. The van der Waals surface area contributed by atoms with Crippen LogP contribution in [0.2, 0.25) is 10.0 Å². The number of imidazole rings is 2. The summed E-state index contributed by atoms with van der Waals surface area (Å²) in [7, 11) is 0. The van der Waals surface area contributed by atoms with Crippen LogP contribution in [0.3, 0.4) is 0 Å². The molecule has 27 heavy (non-hydrogen) atoms. The Morgan fingerprint density at radius 2 is 1.85 bits per heavy atom. The molecule has 3 rings (SSSR count). The van der Waals surface area contributed by atoms with Crippen molar-refractivity contribution in [3.05, 3.63) is 57.3 Å². The molecule has 0 aliphatic heterocycles. The van der Waals surface area contributed by atoms with Gasteiger partial charge in [-0.2, -0.15) is 0 Å². The van der Waals surface area contributed by atoms with Gasteiger partial charge in [0.2, 0.25) is 5.95 Å². The van der Waals surface area contributed by atoms with E-state index in [0.717, 1.165) is 17.8 Å². The minimum Gasteiger partial charge on any atom is -0.340 e. The van der Waals surface area contributed by atoms with Gasteiger partial charge in [0, 0.05) is 5.69 Å². The predicted molar refractivity (Wildman–Crippen MR) is 104 cm³/mol. The summed E-state index contributed by atoms with van der Waals surface area (Å²) in [6.45, 7) is 3.83. The zero-order valence-corrected chi connectivity index (χ0v) is 16.0. The number of para-hydroxylation sites is 1. The third-order valence-electron chi connectivity index (χ3n) is 3.84. The van der Waals surface area contributed by atoms with Gasteiger partial charge in [0.1, 0.15) is 5.69 Å². The van der Waals surface area contributed by atoms with Crippen molar-refractivity contribution in [3.63, 3.8) is 0 Å². The third-order valence-corrected chi connectivity index (χ3v) is 4.47. The van der Waals surface area contributed by atoms with E-state index in [9.17, 15) is 9.59 Å². The Kier molecular flexibility index (Phi) is 5.48. The van der Waals surface area contributed by atoms with Crippen LogP contribution >= 0.6 is 23.2 Å². The maximum Gasteiger partial charge on any atom is 0.276 e. The van der Waals surface area contributed by atoms with Gasteiger partial charge in [-0.25, -0.2) is 9.97 Å². The quantitative estimate of drug-likeness (QED) is 0.515. The first-order valence-corrected chi connectivity index (χ1v) is 8.81. The van der Waals surface area contributed by atoms with E-state index in [1.54, 1.807) is 18.2 Å². The number of anilines is 2. The van der Waals surface area contributed by atoms with Crippen molar-refractivity contribution in [1.82, 2.24) is 19.9 Å². The first kappa shape index (κ1) is 18.9. The lowest BCUT2D eigenvalue weighted by molar-refractivity contribution is 0.0985. The number of carbonyl (C=O) groups is 2. The Balaban J connectivity index is 1.80. The highest BCUT2D eigenvalue weighted by atomic mass is 35.5. The van der Waals surface area contributed by atoms with E-state index in [-0.39, 0.29) is 27.1 Å². The molecule has 1 aromatic carbocycles. The summed E-state index contributed by atoms with van der Waals surface area (Å²) in [5, 5.41) is 5.73. The van der Waals surface area contributed by atoms with Crippen molar-refractivity contribution in [1.29, 1.82) is 0 Å². The highest BCUT2D eigenvalue weighted by molar-refractivity contribution is 6.40. The van der Waals surface area contributed by atoms with Crippen LogP contribution in [0, 0.1) is 6.92 Å². The number of hydrogen-bond acceptors (Lipinski definition) is 4. The molecule has 4 N–H and O–H groups in total. The lowest BCUT2D eigenvalue weighted by Crippen LogP contribution is -2.21. The Morgan fingerprint density at radius 1 is 1.15 bits per heavy atom. The van der Waals surface area contributed by atoms with Gasteiger partial charge in [-0.1, -0.05) is 36.2 Å². The topological polar surface area (TPSA) is 116 Å². The molecule has 0 unspecified atom stereocenters. The standard InChI is InChI=1S/C17H16Cl2N6O2/c1-3-11-8(2)22-17(23-11)25-16(27)14-13(20-7-21-14)15(26)24-12-9(18)5-4-6-10(12)19/h4-7H,3H2,1-2H3,(H,20,21)(H,24,26)(H2,22,23,25,27). The lowest BCUT2D eigenvalue weighted by Gasteiger charge is -2.08. The van der Waals surface area contributed by atoms with Gasteiger partial charge in [0.05, 0.1) is 27.8 Å². The predicted octanol–water partition coefficient (Wildman–Crippen LogP) is 3.82. The number of aromatic amines is 2. The van der Waals surface area contributed by atoms with Crippen LogP contribution in [0.25, 0.3) is 0 Å². The van der Waals surface area contributed by atoms with Gasteiger partial charge >= 0.3 is 0 Å². The van der Waals surface area contributed by atoms with Crippen LogP contribution in [-0.4, -0.2) is 31.8 Å². The van der Waals surface area contributed by atoms with E-state index in [1.165, 1.54) is 6.33 Å². The molecule has 0 aliphatic carbocycles. The molecule has 2 aromatic heterocycles. The van der Waals surface area contributed by atoms with Crippen molar-refractivity contribution in [2.75, 3.05) is 10.6 Å². The maximum absolute atomic E-state index is 12.5. The molecule has 0 spiro atoms. The Bertz CT molecular complexity index is 991. The number of carbonyl (C=O) groups excluding carboxylic acids is 2. The van der Waals surface area contributed by atoms with Crippen LogP contribution < -0.4 is 10.6 Å². The van der Waals surface area contributed by atoms with Gasteiger partial charge in [-0.3, -0.25) is 14.9 Å². The third kappa shape index (κ3) is 3.96. The zero-order valence-electron chi connectivity index (χ0n) is 14.5. The van der Waals surface area contributed by atoms with E-state index in [4.69, 9.17) is 23.2 Å². The van der Waals surface area contributed by atoms with E-state index < -0.39 is 11.8 Å². The molecule has 0 radical (unpaired) electrons. The molecule has 0 saturated heterocycles. The second kappa shape index (κ2) is 7.81. The van der Waals surface area contributed by atoms with Gasteiger partial charge in [0.25, 0.3) is 11.8 Å². The van der Waals surface area contributed by atoms with E-state index in [2.05, 4.69) is 30.6 Å². The summed E-state index contributed by atoms with van der Waals surface area (Å²) >= 11 is 12.1. The second-order valence-electron chi connectivity index (χ2n) is 5.64. The summed E-state index contributed by atoms with van der Waals surface area (Å²) in [6.07, 6.45) is 1.98. The number of nitrogens with one attached hydrogen (secondary N) is 4. The van der Waals surface area contributed by atoms with Crippen LogP contribution in [0.5, 0.6) is 0 Å². The summed E-state index contributed by atoms with van der Waals surface area (Å²) in [4.78, 5) is 38.9. The Morgan fingerprint density at radius 3 is 2.48 bits per heavy atom. The summed E-state index contributed by atoms with van der Waals surface area (Å²) in [6, 6.07) is 4.83. The van der Waals surface area contributed by atoms with Crippen molar-refractivity contribution in [2.24, 2.45) is 0 Å². The molecule has 0 fully saturated rings. The minimum atomic E-state index is -0.624. The second-order valence-corrected chi connectivity index (χ2v) is 6.46. The van der Waals surface area contributed by atoms with Gasteiger partial charge in [-0.15, -0.1) is 0 Å². The van der Waals surface area contributed by atoms with Crippen molar-refractivity contribution in [3.8, 4) is 0 Å². The number of benzene rings is 1. The molecule has 8 nitrogen and oxygen atoms in total. The number of nitrogens with zero attached hydrogens (tertiary/aromatic N) is 2. The van der Waals surface area contributed by atoms with Crippen LogP contribution in [0.4, 0.5) is 11.6 Å². The number of aromatic nitrogens is 4. The van der Waals surface area contributed by atoms with Crippen LogP contribution in [-0.2, 0) is 6.42 Å². The highest BCUT2D eigenvalue weighted by Crippen LogP contribution is 2.30. The normalized spacial score (nSPS) is 10.7. The fourth-order valence-corrected chi connectivity index (χ4v) is 2.99. The molecule has 2 amide bonds. The number of halogens is 2. The summed E-state index contributed by atoms with van der Waals surface area (Å²) < 4.78 is 0. The van der Waals surface area contributed by atoms with Crippen LogP contribution in [0.1, 0.15) is 39.3 Å². The first-order valence-electron chi connectivity index (χ1n) is 8.06. The Labute approximate surface area is 164 Å². The average molecular weight is 407 g/mol. The van der Waals surface area contributed by atoms with Gasteiger partial charge < -0.3 is 15.3 Å². The number of hydrogen-bond donors (Lipinski definition) is 4. The van der Waals surface area contributed by atoms with E-state index >= 15 is 0 Å².